The molecule has 0 fully saturated rings. The van der Waals surface area contributed by atoms with Crippen LogP contribution >= 0.6 is 11.6 Å². The van der Waals surface area contributed by atoms with Crippen LogP contribution in [0.15, 0.2) is 18.2 Å². The lowest BCUT2D eigenvalue weighted by molar-refractivity contribution is 0.151. The number of hydrogen-bond acceptors (Lipinski definition) is 2. The van der Waals surface area contributed by atoms with Crippen molar-refractivity contribution >= 4 is 17.3 Å². The molecule has 2 nitrogen and oxygen atoms in total. The number of benzene rings is 1. The van der Waals surface area contributed by atoms with Crippen LogP contribution in [0.3, 0.4) is 0 Å². The van der Waals surface area contributed by atoms with Gasteiger partial charge in [0.15, 0.2) is 0 Å². The molecule has 0 aliphatic carbocycles. The number of anilines is 1. The van der Waals surface area contributed by atoms with Crippen molar-refractivity contribution in [3.8, 4) is 0 Å². The maximum atomic E-state index is 12.7. The Morgan fingerprint density at radius 2 is 2.21 bits per heavy atom. The first kappa shape index (κ1) is 11.2. The van der Waals surface area contributed by atoms with Crippen LogP contribution in [0.5, 0.6) is 0 Å². The average Bonchev–Trinajstić information content (AvgIpc) is 2.19. The summed E-state index contributed by atoms with van der Waals surface area (Å²) in [6, 6.07) is 4.04. The van der Waals surface area contributed by atoms with Crippen LogP contribution in [-0.2, 0) is 0 Å². The zero-order valence-electron chi connectivity index (χ0n) is 7.30. The van der Waals surface area contributed by atoms with Gasteiger partial charge in [-0.3, -0.25) is 0 Å². The fourth-order valence-corrected chi connectivity index (χ4v) is 1.08. The van der Waals surface area contributed by atoms with Crippen molar-refractivity contribution in [1.29, 1.82) is 0 Å². The van der Waals surface area contributed by atoms with Gasteiger partial charge in [-0.2, -0.15) is 0 Å². The van der Waals surface area contributed by atoms with Gasteiger partial charge in [0.05, 0.1) is 11.1 Å². The summed E-state index contributed by atoms with van der Waals surface area (Å²) in [5, 5.41) is 11.6. The van der Waals surface area contributed by atoms with E-state index in [4.69, 9.17) is 16.7 Å². The topological polar surface area (TPSA) is 32.3 Å². The third-order valence-electron chi connectivity index (χ3n) is 1.64. The molecule has 78 valence electrons. The molecule has 5 heteroatoms. The van der Waals surface area contributed by atoms with E-state index in [0.29, 0.717) is 5.69 Å². The average molecular weight is 222 g/mol. The number of rotatable bonds is 4. The highest BCUT2D eigenvalue weighted by Gasteiger charge is 2.04. The van der Waals surface area contributed by atoms with Crippen molar-refractivity contribution in [1.82, 2.24) is 0 Å². The molecular weight excluding hydrogens is 212 g/mol. The van der Waals surface area contributed by atoms with Crippen molar-refractivity contribution in [2.24, 2.45) is 0 Å². The van der Waals surface area contributed by atoms with Crippen LogP contribution in [0.2, 0.25) is 5.02 Å². The number of aliphatic hydroxyl groups excluding tert-OH is 1. The van der Waals surface area contributed by atoms with E-state index >= 15 is 0 Å². The van der Waals surface area contributed by atoms with Crippen molar-refractivity contribution in [3.05, 3.63) is 29.0 Å². The van der Waals surface area contributed by atoms with Gasteiger partial charge in [0.25, 0.3) is 0 Å². The molecule has 0 aromatic heterocycles. The minimum absolute atomic E-state index is 0.00950. The Bertz CT molecular complexity index is 309. The summed E-state index contributed by atoms with van der Waals surface area (Å²) in [5.41, 5.74) is 0.545. The molecule has 1 aromatic carbocycles. The molecule has 2 N–H and O–H groups in total. The Hall–Kier alpha value is -0.870. The highest BCUT2D eigenvalue weighted by molar-refractivity contribution is 6.31. The molecule has 0 radical (unpaired) electrons. The van der Waals surface area contributed by atoms with Gasteiger partial charge >= 0.3 is 0 Å². The number of aliphatic hydroxyl groups is 1. The standard InChI is InChI=1S/C9H10ClF2NO/c10-8-3-6(1-2-9(8)12)13-5-7(14)4-11/h1-3,7,13-14H,4-5H2. The second-order valence-electron chi connectivity index (χ2n) is 2.82. The molecule has 1 atom stereocenters. The Kier molecular flexibility index (Phi) is 4.10. The fraction of sp³-hybridized carbons (Fsp3) is 0.333. The first-order valence-electron chi connectivity index (χ1n) is 4.06. The SMILES string of the molecule is OC(CF)CNc1ccc(F)c(Cl)c1. The van der Waals surface area contributed by atoms with E-state index < -0.39 is 18.6 Å². The van der Waals surface area contributed by atoms with Crippen LogP contribution in [0.4, 0.5) is 14.5 Å². The monoisotopic (exact) mass is 221 g/mol. The zero-order valence-corrected chi connectivity index (χ0v) is 8.06. The van der Waals surface area contributed by atoms with Gasteiger partial charge in [-0.15, -0.1) is 0 Å². The van der Waals surface area contributed by atoms with E-state index in [2.05, 4.69) is 5.32 Å². The predicted octanol–water partition coefficient (Wildman–Crippen LogP) is 2.22. The Labute approximate surface area is 85.5 Å². The molecule has 1 unspecified atom stereocenters. The summed E-state index contributed by atoms with van der Waals surface area (Å²) >= 11 is 5.51. The second kappa shape index (κ2) is 5.12. The molecule has 1 aromatic rings. The first-order valence-corrected chi connectivity index (χ1v) is 4.44. The molecule has 0 aliphatic heterocycles. The molecule has 0 saturated heterocycles. The number of halogens is 3. The first-order chi connectivity index (χ1) is 6.63. The summed E-state index contributed by atoms with van der Waals surface area (Å²) in [4.78, 5) is 0. The van der Waals surface area contributed by atoms with Gasteiger partial charge in [0.2, 0.25) is 0 Å². The van der Waals surface area contributed by atoms with Crippen molar-refractivity contribution < 1.29 is 13.9 Å². The lowest BCUT2D eigenvalue weighted by Crippen LogP contribution is -2.21. The number of nitrogens with one attached hydrogen (secondary N) is 1. The summed E-state index contributed by atoms with van der Waals surface area (Å²) < 4.78 is 24.6. The van der Waals surface area contributed by atoms with E-state index in [1.807, 2.05) is 0 Å². The van der Waals surface area contributed by atoms with Crippen molar-refractivity contribution in [2.45, 2.75) is 6.10 Å². The molecule has 1 rings (SSSR count). The Morgan fingerprint density at radius 3 is 2.79 bits per heavy atom. The molecule has 0 aliphatic rings. The van der Waals surface area contributed by atoms with Crippen molar-refractivity contribution in [2.75, 3.05) is 18.5 Å². The second-order valence-corrected chi connectivity index (χ2v) is 3.23. The van der Waals surface area contributed by atoms with E-state index in [9.17, 15) is 8.78 Å². The molecule has 0 heterocycles. The van der Waals surface area contributed by atoms with E-state index in [-0.39, 0.29) is 11.6 Å². The largest absolute Gasteiger partial charge is 0.389 e. The third-order valence-corrected chi connectivity index (χ3v) is 1.93. The molecule has 14 heavy (non-hydrogen) atoms. The fourth-order valence-electron chi connectivity index (χ4n) is 0.896. The lowest BCUT2D eigenvalue weighted by Gasteiger charge is -2.09. The molecule has 0 saturated carbocycles. The van der Waals surface area contributed by atoms with Crippen LogP contribution in [0.1, 0.15) is 0 Å². The van der Waals surface area contributed by atoms with Gasteiger partial charge < -0.3 is 10.4 Å². The maximum Gasteiger partial charge on any atom is 0.141 e. The number of hydrogen-bond donors (Lipinski definition) is 2. The van der Waals surface area contributed by atoms with Gasteiger partial charge in [-0.05, 0) is 18.2 Å². The normalized spacial score (nSPS) is 12.6. The minimum Gasteiger partial charge on any atom is -0.389 e. The highest BCUT2D eigenvalue weighted by atomic mass is 35.5. The summed E-state index contributed by atoms with van der Waals surface area (Å²) in [6.07, 6.45) is -1.06. The van der Waals surface area contributed by atoms with Crippen LogP contribution in [0.25, 0.3) is 0 Å². The molecule has 0 amide bonds. The predicted molar refractivity (Wildman–Crippen MR) is 51.9 cm³/mol. The highest BCUT2D eigenvalue weighted by Crippen LogP contribution is 2.19. The quantitative estimate of drug-likeness (QED) is 0.817. The van der Waals surface area contributed by atoms with Gasteiger partial charge in [-0.25, -0.2) is 8.78 Å². The minimum atomic E-state index is -1.06. The summed E-state index contributed by atoms with van der Waals surface area (Å²) in [6.45, 7) is -0.750. The van der Waals surface area contributed by atoms with E-state index in [1.165, 1.54) is 18.2 Å². The van der Waals surface area contributed by atoms with Crippen LogP contribution < -0.4 is 5.32 Å². The lowest BCUT2D eigenvalue weighted by atomic mass is 10.3. The molecule has 0 spiro atoms. The number of alkyl halides is 1. The van der Waals surface area contributed by atoms with Gasteiger partial charge in [0, 0.05) is 12.2 Å². The third kappa shape index (κ3) is 3.12. The molecule has 0 bridgehead atoms. The van der Waals surface area contributed by atoms with Crippen LogP contribution in [0, 0.1) is 5.82 Å². The Balaban J connectivity index is 2.55. The smallest absolute Gasteiger partial charge is 0.141 e. The maximum absolute atomic E-state index is 12.7. The summed E-state index contributed by atoms with van der Waals surface area (Å²) in [7, 11) is 0. The van der Waals surface area contributed by atoms with E-state index in [0.717, 1.165) is 0 Å². The van der Waals surface area contributed by atoms with E-state index in [1.54, 1.807) is 0 Å². The van der Waals surface area contributed by atoms with Crippen LogP contribution in [-0.4, -0.2) is 24.4 Å². The Morgan fingerprint density at radius 1 is 1.50 bits per heavy atom. The zero-order chi connectivity index (χ0) is 10.6. The summed E-state index contributed by atoms with van der Waals surface area (Å²) in [5.74, 6) is -0.511. The van der Waals surface area contributed by atoms with Gasteiger partial charge in [-0.1, -0.05) is 11.6 Å². The molecular formula is C9H10ClF2NO. The van der Waals surface area contributed by atoms with Gasteiger partial charge in [0.1, 0.15) is 12.5 Å². The van der Waals surface area contributed by atoms with Crippen molar-refractivity contribution in [3.63, 3.8) is 0 Å².